The van der Waals surface area contributed by atoms with Crippen molar-refractivity contribution in [1.82, 2.24) is 10.2 Å². The Balaban J connectivity index is 1.81. The average Bonchev–Trinajstić information content (AvgIpc) is 3.13. The summed E-state index contributed by atoms with van der Waals surface area (Å²) in [5.41, 5.74) is 2.86. The molecule has 4 aromatic rings. The number of carbonyl (C=O) groups excluding carboxylic acids is 1. The normalized spacial score (nSPS) is 10.8. The summed E-state index contributed by atoms with van der Waals surface area (Å²) in [6, 6.07) is 17.0. The molecule has 8 heteroatoms. The molecule has 4 rings (SSSR count). The van der Waals surface area contributed by atoms with E-state index in [1.54, 1.807) is 36.4 Å². The molecule has 3 aromatic carbocycles. The molecule has 0 fully saturated rings. The first kappa shape index (κ1) is 17.3. The molecular formula is C20H13FN4O3. The number of amides is 1. The smallest absolute Gasteiger partial charge is 0.271 e. The van der Waals surface area contributed by atoms with Crippen LogP contribution in [0.4, 0.5) is 21.5 Å². The van der Waals surface area contributed by atoms with Gasteiger partial charge in [0.25, 0.3) is 5.69 Å². The molecule has 1 N–H and O–H groups in total. The second-order valence-corrected chi connectivity index (χ2v) is 6.06. The number of rotatable bonds is 5. The van der Waals surface area contributed by atoms with E-state index < -0.39 is 4.92 Å². The first-order valence-electron chi connectivity index (χ1n) is 8.30. The molecule has 1 aromatic heterocycles. The van der Waals surface area contributed by atoms with Gasteiger partial charge in [-0.1, -0.05) is 6.07 Å². The van der Waals surface area contributed by atoms with E-state index in [1.807, 2.05) is 0 Å². The monoisotopic (exact) mass is 376 g/mol. The summed E-state index contributed by atoms with van der Waals surface area (Å²) in [5, 5.41) is 19.0. The summed E-state index contributed by atoms with van der Waals surface area (Å²) in [4.78, 5) is 23.6. The van der Waals surface area contributed by atoms with Gasteiger partial charge in [-0.05, 0) is 48.5 Å². The van der Waals surface area contributed by atoms with Crippen LogP contribution in [0.2, 0.25) is 0 Å². The van der Waals surface area contributed by atoms with E-state index in [0.717, 1.165) is 16.5 Å². The lowest BCUT2D eigenvalue weighted by Gasteiger charge is -2.17. The molecule has 0 bridgehead atoms. The lowest BCUT2D eigenvalue weighted by Crippen LogP contribution is -2.14. The van der Waals surface area contributed by atoms with E-state index >= 15 is 0 Å². The van der Waals surface area contributed by atoms with Gasteiger partial charge in [0.1, 0.15) is 5.82 Å². The van der Waals surface area contributed by atoms with Crippen molar-refractivity contribution in [3.05, 3.63) is 82.7 Å². The van der Waals surface area contributed by atoms with Crippen LogP contribution in [0.25, 0.3) is 22.2 Å². The maximum Gasteiger partial charge on any atom is 0.271 e. The van der Waals surface area contributed by atoms with Crippen molar-refractivity contribution in [3.63, 3.8) is 0 Å². The molecule has 1 heterocycles. The Morgan fingerprint density at radius 2 is 1.79 bits per heavy atom. The predicted molar refractivity (Wildman–Crippen MR) is 103 cm³/mol. The van der Waals surface area contributed by atoms with Gasteiger partial charge in [-0.2, -0.15) is 5.10 Å². The van der Waals surface area contributed by atoms with Gasteiger partial charge < -0.3 is 0 Å². The van der Waals surface area contributed by atoms with Crippen LogP contribution >= 0.6 is 0 Å². The molecule has 0 unspecified atom stereocenters. The number of anilines is 2. The van der Waals surface area contributed by atoms with Gasteiger partial charge in [0.15, 0.2) is 0 Å². The van der Waals surface area contributed by atoms with Gasteiger partial charge in [0, 0.05) is 28.8 Å². The third-order valence-electron chi connectivity index (χ3n) is 4.37. The number of aromatic amines is 1. The zero-order valence-corrected chi connectivity index (χ0v) is 14.4. The Morgan fingerprint density at radius 1 is 1.04 bits per heavy atom. The fourth-order valence-corrected chi connectivity index (χ4v) is 3.01. The van der Waals surface area contributed by atoms with E-state index in [9.17, 15) is 19.3 Å². The number of benzene rings is 3. The van der Waals surface area contributed by atoms with E-state index in [0.29, 0.717) is 23.5 Å². The number of aromatic nitrogens is 2. The van der Waals surface area contributed by atoms with Crippen molar-refractivity contribution in [3.8, 4) is 11.3 Å². The third kappa shape index (κ3) is 3.07. The molecular weight excluding hydrogens is 363 g/mol. The second kappa shape index (κ2) is 6.92. The van der Waals surface area contributed by atoms with Crippen molar-refractivity contribution >= 4 is 34.4 Å². The molecule has 1 amide bonds. The molecule has 28 heavy (non-hydrogen) atoms. The van der Waals surface area contributed by atoms with Crippen LogP contribution in [0.15, 0.2) is 66.7 Å². The van der Waals surface area contributed by atoms with Crippen LogP contribution in [-0.4, -0.2) is 21.5 Å². The Bertz CT molecular complexity index is 1190. The van der Waals surface area contributed by atoms with Crippen molar-refractivity contribution in [2.45, 2.75) is 0 Å². The Hall–Kier alpha value is -4.07. The van der Waals surface area contributed by atoms with Crippen molar-refractivity contribution in [1.29, 1.82) is 0 Å². The molecule has 0 aliphatic rings. The van der Waals surface area contributed by atoms with Gasteiger partial charge in [0.2, 0.25) is 6.41 Å². The lowest BCUT2D eigenvalue weighted by atomic mass is 10.1. The molecule has 0 saturated carbocycles. The van der Waals surface area contributed by atoms with Gasteiger partial charge in [-0.25, -0.2) is 4.39 Å². The van der Waals surface area contributed by atoms with E-state index in [4.69, 9.17) is 0 Å². The minimum absolute atomic E-state index is 0.110. The number of nitrogens with zero attached hydrogens (tertiary/aromatic N) is 3. The van der Waals surface area contributed by atoms with Gasteiger partial charge in [-0.3, -0.25) is 24.9 Å². The molecule has 7 nitrogen and oxygen atoms in total. The average molecular weight is 376 g/mol. The number of nitro benzene ring substituents is 1. The SMILES string of the molecule is O=CN(c1cccc([N+](=O)[O-])c1)c1ccc2[nH]nc(-c3ccc(F)cc3)c2c1. The second-order valence-electron chi connectivity index (χ2n) is 6.06. The first-order chi connectivity index (χ1) is 13.6. The molecule has 0 atom stereocenters. The predicted octanol–water partition coefficient (Wildman–Crippen LogP) is 4.57. The number of carbonyl (C=O) groups is 1. The molecule has 0 aliphatic carbocycles. The summed E-state index contributed by atoms with van der Waals surface area (Å²) in [6.07, 6.45) is 0.595. The minimum Gasteiger partial charge on any atom is -0.283 e. The van der Waals surface area contributed by atoms with Crippen molar-refractivity contribution in [2.75, 3.05) is 4.90 Å². The minimum atomic E-state index is -0.515. The van der Waals surface area contributed by atoms with E-state index in [-0.39, 0.29) is 11.5 Å². The van der Waals surface area contributed by atoms with Crippen LogP contribution in [0, 0.1) is 15.9 Å². The topological polar surface area (TPSA) is 92.1 Å². The third-order valence-corrected chi connectivity index (χ3v) is 4.37. The zero-order chi connectivity index (χ0) is 19.7. The maximum absolute atomic E-state index is 13.2. The summed E-state index contributed by atoms with van der Waals surface area (Å²) in [6.45, 7) is 0. The number of H-pyrrole nitrogens is 1. The number of nitro groups is 1. The fourth-order valence-electron chi connectivity index (χ4n) is 3.01. The first-order valence-corrected chi connectivity index (χ1v) is 8.30. The number of nitrogens with one attached hydrogen (secondary N) is 1. The number of fused-ring (bicyclic) bond motifs is 1. The summed E-state index contributed by atoms with van der Waals surface area (Å²) in [5.74, 6) is -0.345. The van der Waals surface area contributed by atoms with Gasteiger partial charge >= 0.3 is 0 Å². The Morgan fingerprint density at radius 3 is 2.50 bits per heavy atom. The lowest BCUT2D eigenvalue weighted by molar-refractivity contribution is -0.384. The highest BCUT2D eigenvalue weighted by Gasteiger charge is 2.15. The molecule has 0 radical (unpaired) electrons. The number of non-ortho nitro benzene ring substituents is 1. The fraction of sp³-hybridized carbons (Fsp3) is 0. The van der Waals surface area contributed by atoms with Crippen LogP contribution in [0.3, 0.4) is 0 Å². The van der Waals surface area contributed by atoms with Crippen molar-refractivity contribution in [2.24, 2.45) is 0 Å². The highest BCUT2D eigenvalue weighted by atomic mass is 19.1. The van der Waals surface area contributed by atoms with E-state index in [2.05, 4.69) is 10.2 Å². The molecule has 0 aliphatic heterocycles. The van der Waals surface area contributed by atoms with Crippen LogP contribution in [0.5, 0.6) is 0 Å². The Labute approximate surface area is 158 Å². The van der Waals surface area contributed by atoms with Crippen LogP contribution in [0.1, 0.15) is 0 Å². The standard InChI is InChI=1S/C20H13FN4O3/c21-14-6-4-13(5-7-14)20-18-11-16(8-9-19(18)22-23-20)24(12-26)15-2-1-3-17(10-15)25(27)28/h1-12H,(H,22,23). The highest BCUT2D eigenvalue weighted by Crippen LogP contribution is 2.33. The summed E-state index contributed by atoms with van der Waals surface area (Å²) < 4.78 is 13.2. The quantitative estimate of drug-likeness (QED) is 0.314. The molecule has 0 saturated heterocycles. The van der Waals surface area contributed by atoms with Crippen LogP contribution in [-0.2, 0) is 4.79 Å². The largest absolute Gasteiger partial charge is 0.283 e. The molecule has 138 valence electrons. The number of halogens is 1. The van der Waals surface area contributed by atoms with Gasteiger partial charge in [0.05, 0.1) is 21.8 Å². The number of hydrogen-bond donors (Lipinski definition) is 1. The Kier molecular flexibility index (Phi) is 4.29. The highest BCUT2D eigenvalue weighted by molar-refractivity contribution is 5.98. The molecule has 0 spiro atoms. The summed E-state index contributed by atoms with van der Waals surface area (Å²) in [7, 11) is 0. The van der Waals surface area contributed by atoms with Crippen LogP contribution < -0.4 is 4.90 Å². The van der Waals surface area contributed by atoms with Gasteiger partial charge in [-0.15, -0.1) is 0 Å². The maximum atomic E-state index is 13.2. The van der Waals surface area contributed by atoms with Crippen molar-refractivity contribution < 1.29 is 14.1 Å². The zero-order valence-electron chi connectivity index (χ0n) is 14.4. The van der Waals surface area contributed by atoms with E-state index in [1.165, 1.54) is 35.2 Å². The number of hydrogen-bond acceptors (Lipinski definition) is 4. The summed E-state index contributed by atoms with van der Waals surface area (Å²) >= 11 is 0.